The molecule has 1 aromatic rings. The molecule has 0 bridgehead atoms. The molecular formula is C13H16F2N2O. The second-order valence-corrected chi connectivity index (χ2v) is 4.62. The summed E-state index contributed by atoms with van der Waals surface area (Å²) in [4.78, 5) is 13.5. The zero-order valence-electron chi connectivity index (χ0n) is 10.0. The van der Waals surface area contributed by atoms with Gasteiger partial charge in [0.05, 0.1) is 0 Å². The molecule has 5 heteroatoms. The third-order valence-corrected chi connectivity index (χ3v) is 3.19. The van der Waals surface area contributed by atoms with Crippen LogP contribution in [-0.2, 0) is 11.2 Å². The van der Waals surface area contributed by atoms with E-state index in [2.05, 4.69) is 0 Å². The van der Waals surface area contributed by atoms with Gasteiger partial charge in [-0.05, 0) is 36.6 Å². The van der Waals surface area contributed by atoms with Gasteiger partial charge in [-0.2, -0.15) is 0 Å². The number of amides is 1. The van der Waals surface area contributed by atoms with Crippen molar-refractivity contribution < 1.29 is 13.6 Å². The van der Waals surface area contributed by atoms with Crippen molar-refractivity contribution in [3.63, 3.8) is 0 Å². The Hall–Kier alpha value is -1.49. The number of nitrogens with zero attached hydrogens (tertiary/aromatic N) is 1. The number of hydrogen-bond acceptors (Lipinski definition) is 2. The highest BCUT2D eigenvalue weighted by molar-refractivity contribution is 5.76. The molecule has 0 unspecified atom stereocenters. The Morgan fingerprint density at radius 2 is 2.22 bits per heavy atom. The average molecular weight is 254 g/mol. The highest BCUT2D eigenvalue weighted by Crippen LogP contribution is 2.14. The Morgan fingerprint density at radius 3 is 2.89 bits per heavy atom. The van der Waals surface area contributed by atoms with E-state index in [0.29, 0.717) is 13.1 Å². The standard InChI is InChI=1S/C13H16F2N2O/c14-10-2-3-12(15)9(7-10)1-4-13(18)17-6-5-11(16)8-17/h2-3,7,11H,1,4-6,8,16H2/t11-/m1/s1. The van der Waals surface area contributed by atoms with Gasteiger partial charge in [-0.1, -0.05) is 0 Å². The van der Waals surface area contributed by atoms with Crippen LogP contribution in [0.4, 0.5) is 8.78 Å². The van der Waals surface area contributed by atoms with Crippen molar-refractivity contribution >= 4 is 5.91 Å². The van der Waals surface area contributed by atoms with Gasteiger partial charge in [0, 0.05) is 25.6 Å². The monoisotopic (exact) mass is 254 g/mol. The van der Waals surface area contributed by atoms with Gasteiger partial charge in [-0.3, -0.25) is 4.79 Å². The van der Waals surface area contributed by atoms with E-state index in [4.69, 9.17) is 5.73 Å². The van der Waals surface area contributed by atoms with Crippen LogP contribution >= 0.6 is 0 Å². The summed E-state index contributed by atoms with van der Waals surface area (Å²) >= 11 is 0. The third kappa shape index (κ3) is 3.04. The lowest BCUT2D eigenvalue weighted by Crippen LogP contribution is -2.32. The van der Waals surface area contributed by atoms with Crippen molar-refractivity contribution in [2.75, 3.05) is 13.1 Å². The third-order valence-electron chi connectivity index (χ3n) is 3.19. The lowest BCUT2D eigenvalue weighted by atomic mass is 10.1. The molecule has 1 heterocycles. The topological polar surface area (TPSA) is 46.3 Å². The maximum atomic E-state index is 13.3. The molecule has 1 aliphatic heterocycles. The minimum atomic E-state index is -0.484. The summed E-state index contributed by atoms with van der Waals surface area (Å²) in [5.74, 6) is -1.00. The maximum absolute atomic E-state index is 13.3. The number of carbonyl (C=O) groups is 1. The molecule has 0 radical (unpaired) electrons. The van der Waals surface area contributed by atoms with Crippen LogP contribution in [0, 0.1) is 11.6 Å². The van der Waals surface area contributed by atoms with E-state index in [-0.39, 0.29) is 30.4 Å². The highest BCUT2D eigenvalue weighted by Gasteiger charge is 2.23. The van der Waals surface area contributed by atoms with Gasteiger partial charge in [0.15, 0.2) is 0 Å². The number of aryl methyl sites for hydroxylation is 1. The Kier molecular flexibility index (Phi) is 3.91. The van der Waals surface area contributed by atoms with E-state index in [1.807, 2.05) is 0 Å². The Morgan fingerprint density at radius 1 is 1.44 bits per heavy atom. The highest BCUT2D eigenvalue weighted by atomic mass is 19.1. The van der Waals surface area contributed by atoms with Crippen LogP contribution in [0.2, 0.25) is 0 Å². The molecule has 0 saturated carbocycles. The van der Waals surface area contributed by atoms with Crippen molar-refractivity contribution in [3.8, 4) is 0 Å². The quantitative estimate of drug-likeness (QED) is 0.887. The fourth-order valence-electron chi connectivity index (χ4n) is 2.15. The second-order valence-electron chi connectivity index (χ2n) is 4.62. The van der Waals surface area contributed by atoms with Crippen LogP contribution in [0.15, 0.2) is 18.2 Å². The van der Waals surface area contributed by atoms with Gasteiger partial charge in [0.1, 0.15) is 11.6 Å². The van der Waals surface area contributed by atoms with Crippen molar-refractivity contribution in [2.45, 2.75) is 25.3 Å². The van der Waals surface area contributed by atoms with E-state index < -0.39 is 11.6 Å². The summed E-state index contributed by atoms with van der Waals surface area (Å²) in [6, 6.07) is 3.33. The lowest BCUT2D eigenvalue weighted by molar-refractivity contribution is -0.130. The molecule has 0 aromatic heterocycles. The van der Waals surface area contributed by atoms with Crippen LogP contribution < -0.4 is 5.73 Å². The van der Waals surface area contributed by atoms with E-state index in [1.165, 1.54) is 0 Å². The average Bonchev–Trinajstić information content (AvgIpc) is 2.77. The van der Waals surface area contributed by atoms with Crippen LogP contribution in [-0.4, -0.2) is 29.9 Å². The predicted molar refractivity (Wildman–Crippen MR) is 63.9 cm³/mol. The summed E-state index contributed by atoms with van der Waals surface area (Å²) in [5.41, 5.74) is 5.95. The molecule has 1 aromatic carbocycles. The molecule has 1 amide bonds. The molecule has 1 atom stereocenters. The lowest BCUT2D eigenvalue weighted by Gasteiger charge is -2.15. The number of benzene rings is 1. The first-order valence-corrected chi connectivity index (χ1v) is 6.03. The van der Waals surface area contributed by atoms with Gasteiger partial charge < -0.3 is 10.6 Å². The van der Waals surface area contributed by atoms with Crippen molar-refractivity contribution in [2.24, 2.45) is 5.73 Å². The number of hydrogen-bond donors (Lipinski definition) is 1. The molecule has 3 nitrogen and oxygen atoms in total. The van der Waals surface area contributed by atoms with Gasteiger partial charge in [0.25, 0.3) is 0 Å². The number of likely N-dealkylation sites (tertiary alicyclic amines) is 1. The van der Waals surface area contributed by atoms with Gasteiger partial charge >= 0.3 is 0 Å². The summed E-state index contributed by atoms with van der Waals surface area (Å²) in [5, 5.41) is 0. The molecule has 0 aliphatic carbocycles. The number of nitrogens with two attached hydrogens (primary N) is 1. The predicted octanol–water partition coefficient (Wildman–Crippen LogP) is 1.46. The number of carbonyl (C=O) groups excluding carboxylic acids is 1. The van der Waals surface area contributed by atoms with E-state index in [0.717, 1.165) is 24.6 Å². The minimum absolute atomic E-state index is 0.0415. The summed E-state index contributed by atoms with van der Waals surface area (Å²) in [7, 11) is 0. The van der Waals surface area contributed by atoms with E-state index >= 15 is 0 Å². The van der Waals surface area contributed by atoms with Crippen LogP contribution in [0.3, 0.4) is 0 Å². The van der Waals surface area contributed by atoms with Gasteiger partial charge in [-0.25, -0.2) is 8.78 Å². The molecule has 1 fully saturated rings. The van der Waals surface area contributed by atoms with Gasteiger partial charge in [0.2, 0.25) is 5.91 Å². The second kappa shape index (κ2) is 5.44. The first-order valence-electron chi connectivity index (χ1n) is 6.03. The molecule has 2 rings (SSSR count). The summed E-state index contributed by atoms with van der Waals surface area (Å²) < 4.78 is 26.3. The van der Waals surface area contributed by atoms with Crippen molar-refractivity contribution in [1.29, 1.82) is 0 Å². The Balaban J connectivity index is 1.91. The zero-order chi connectivity index (χ0) is 13.1. The largest absolute Gasteiger partial charge is 0.341 e. The SMILES string of the molecule is N[C@@H]1CCN(C(=O)CCc2cc(F)ccc2F)C1. The molecule has 0 spiro atoms. The molecule has 2 N–H and O–H groups in total. The van der Waals surface area contributed by atoms with Crippen molar-refractivity contribution in [3.05, 3.63) is 35.4 Å². The van der Waals surface area contributed by atoms with Crippen LogP contribution in [0.25, 0.3) is 0 Å². The molecular weight excluding hydrogens is 238 g/mol. The van der Waals surface area contributed by atoms with E-state index in [9.17, 15) is 13.6 Å². The zero-order valence-corrected chi connectivity index (χ0v) is 10.0. The number of halogens is 2. The smallest absolute Gasteiger partial charge is 0.222 e. The summed E-state index contributed by atoms with van der Waals surface area (Å²) in [6.07, 6.45) is 1.21. The minimum Gasteiger partial charge on any atom is -0.341 e. The fourth-order valence-corrected chi connectivity index (χ4v) is 2.15. The van der Waals surface area contributed by atoms with Gasteiger partial charge in [-0.15, -0.1) is 0 Å². The Labute approximate surface area is 105 Å². The van der Waals surface area contributed by atoms with Crippen molar-refractivity contribution in [1.82, 2.24) is 4.90 Å². The van der Waals surface area contributed by atoms with Crippen LogP contribution in [0.1, 0.15) is 18.4 Å². The van der Waals surface area contributed by atoms with Crippen LogP contribution in [0.5, 0.6) is 0 Å². The fraction of sp³-hybridized carbons (Fsp3) is 0.462. The molecule has 18 heavy (non-hydrogen) atoms. The molecule has 1 aliphatic rings. The maximum Gasteiger partial charge on any atom is 0.222 e. The van der Waals surface area contributed by atoms with E-state index in [1.54, 1.807) is 4.90 Å². The summed E-state index contributed by atoms with van der Waals surface area (Å²) in [6.45, 7) is 1.22. The number of rotatable bonds is 3. The first kappa shape index (κ1) is 13.0. The molecule has 1 saturated heterocycles. The first-order chi connectivity index (χ1) is 8.56. The molecule has 98 valence electrons. The normalized spacial score (nSPS) is 19.3. The Bertz CT molecular complexity index is 451.